The van der Waals surface area contributed by atoms with E-state index < -0.39 is 5.82 Å². The normalized spacial score (nSPS) is 17.9. The fraction of sp³-hybridized carbons (Fsp3) is 0.345. The van der Waals surface area contributed by atoms with Crippen LogP contribution in [0.15, 0.2) is 57.0 Å². The van der Waals surface area contributed by atoms with Crippen LogP contribution in [0.4, 0.5) is 10.1 Å². The first kappa shape index (κ1) is 26.7. The second-order valence-corrected chi connectivity index (χ2v) is 12.3. The summed E-state index contributed by atoms with van der Waals surface area (Å²) in [4.78, 5) is 20.3. The number of aromatic nitrogens is 6. The molecule has 5 heterocycles. The Labute approximate surface area is 244 Å². The zero-order valence-electron chi connectivity index (χ0n) is 23.5. The van der Waals surface area contributed by atoms with Crippen molar-refractivity contribution in [3.05, 3.63) is 64.5 Å². The Morgan fingerprint density at radius 1 is 1.17 bits per heavy atom. The number of nitrogens with one attached hydrogen (secondary N) is 1. The number of thioether (sulfide) groups is 1. The zero-order valence-corrected chi connectivity index (χ0v) is 24.3. The van der Waals surface area contributed by atoms with Crippen molar-refractivity contribution in [3.63, 3.8) is 0 Å². The minimum atomic E-state index is -0.455. The number of anilines is 1. The lowest BCUT2D eigenvalue weighted by atomic mass is 10.0. The average molecular weight is 590 g/mol. The number of likely N-dealkylation sites (N-methyl/N-ethyl adjacent to an activating group) is 1. The first-order valence-corrected chi connectivity index (χ1v) is 14.8. The second-order valence-electron chi connectivity index (χ2n) is 11.4. The van der Waals surface area contributed by atoms with Crippen LogP contribution in [0, 0.1) is 5.82 Å². The summed E-state index contributed by atoms with van der Waals surface area (Å²) < 4.78 is 30.5. The van der Waals surface area contributed by atoms with Gasteiger partial charge in [-0.25, -0.2) is 9.37 Å². The number of quaternary nitrogens is 1. The lowest BCUT2D eigenvalue weighted by molar-refractivity contribution is -0.890. The number of nitrogens with zero attached hydrogens (tertiary/aromatic N) is 7. The van der Waals surface area contributed by atoms with Crippen molar-refractivity contribution in [3.8, 4) is 28.6 Å². The fourth-order valence-corrected chi connectivity index (χ4v) is 6.11. The van der Waals surface area contributed by atoms with E-state index in [2.05, 4.69) is 39.5 Å². The third-order valence-corrected chi connectivity index (χ3v) is 8.77. The van der Waals surface area contributed by atoms with Gasteiger partial charge in [0.1, 0.15) is 12.3 Å². The van der Waals surface area contributed by atoms with Gasteiger partial charge in [-0.2, -0.15) is 0 Å². The number of ether oxygens (including phenoxy) is 1. The Balaban J connectivity index is 1.19. The number of aromatic amines is 1. The van der Waals surface area contributed by atoms with Crippen molar-refractivity contribution in [2.45, 2.75) is 23.9 Å². The molecule has 1 N–H and O–H groups in total. The molecule has 1 saturated heterocycles. The molecular weight excluding hydrogens is 559 g/mol. The highest BCUT2D eigenvalue weighted by atomic mass is 32.2. The van der Waals surface area contributed by atoms with E-state index in [1.54, 1.807) is 6.20 Å². The first-order chi connectivity index (χ1) is 20.3. The fourth-order valence-electron chi connectivity index (χ4n) is 5.47. The van der Waals surface area contributed by atoms with Crippen LogP contribution in [-0.4, -0.2) is 81.3 Å². The molecule has 0 amide bonds. The molecule has 216 valence electrons. The summed E-state index contributed by atoms with van der Waals surface area (Å²) in [5.74, 6) is 1.52. The number of hydrogen-bond donors (Lipinski definition) is 1. The molecule has 1 fully saturated rings. The summed E-state index contributed by atoms with van der Waals surface area (Å²) >= 11 is 1.31. The van der Waals surface area contributed by atoms with Gasteiger partial charge in [-0.05, 0) is 25.1 Å². The van der Waals surface area contributed by atoms with Gasteiger partial charge in [0.25, 0.3) is 0 Å². The Hall–Kier alpha value is -4.23. The first-order valence-electron chi connectivity index (χ1n) is 13.8. The van der Waals surface area contributed by atoms with Crippen LogP contribution in [0.3, 0.4) is 0 Å². The molecule has 0 spiro atoms. The van der Waals surface area contributed by atoms with Gasteiger partial charge in [-0.1, -0.05) is 30.0 Å². The second kappa shape index (κ2) is 10.2. The Morgan fingerprint density at radius 2 is 1.95 bits per heavy atom. The summed E-state index contributed by atoms with van der Waals surface area (Å²) in [5.41, 5.74) is 1.87. The molecule has 0 unspecified atom stereocenters. The topological polar surface area (TPSA) is 115 Å². The van der Waals surface area contributed by atoms with Gasteiger partial charge in [0.05, 0.1) is 68.5 Å². The van der Waals surface area contributed by atoms with E-state index in [9.17, 15) is 4.79 Å². The Kier molecular flexibility index (Phi) is 6.50. The number of H-pyrrole nitrogens is 1. The third-order valence-electron chi connectivity index (χ3n) is 7.94. The van der Waals surface area contributed by atoms with Crippen LogP contribution in [-0.2, 0) is 5.75 Å². The van der Waals surface area contributed by atoms with Gasteiger partial charge in [-0.15, -0.1) is 15.3 Å². The van der Waals surface area contributed by atoms with Crippen molar-refractivity contribution in [1.82, 2.24) is 29.9 Å². The van der Waals surface area contributed by atoms with Gasteiger partial charge >= 0.3 is 0 Å². The van der Waals surface area contributed by atoms with Gasteiger partial charge < -0.3 is 23.1 Å². The largest absolute Gasteiger partial charge is 0.487 e. The minimum absolute atomic E-state index is 0.0669. The third kappa shape index (κ3) is 4.71. The van der Waals surface area contributed by atoms with Gasteiger partial charge in [0.15, 0.2) is 17.4 Å². The molecule has 7 rings (SSSR count). The van der Waals surface area contributed by atoms with E-state index in [1.165, 1.54) is 17.8 Å². The van der Waals surface area contributed by atoms with Crippen molar-refractivity contribution in [1.29, 1.82) is 0 Å². The number of benzene rings is 2. The van der Waals surface area contributed by atoms with E-state index in [0.717, 1.165) is 23.1 Å². The molecule has 1 atom stereocenters. The maximum absolute atomic E-state index is 15.8. The van der Waals surface area contributed by atoms with Crippen molar-refractivity contribution in [2.24, 2.45) is 0 Å². The standard InChI is InChI=1S/C29H30FN8O3S/c1-17-15-40-26-23-19(13-21(30)24(26)36-9-11-38(2,3)12-10-36)25(39)20(14-37(17)23)27-31-29(35-33-27)42-16-22-32-34-28(41-22)18-7-5-4-6-8-18/h4-8,13-14,17H,9-12,15-16H2,1-3H3,(H,31,33,35)/q+1/t17-/m0/s1. The maximum Gasteiger partial charge on any atom is 0.247 e. The highest BCUT2D eigenvalue weighted by Crippen LogP contribution is 2.42. The van der Waals surface area contributed by atoms with Gasteiger partial charge in [0.2, 0.25) is 22.4 Å². The highest BCUT2D eigenvalue weighted by molar-refractivity contribution is 7.98. The number of hydrogen-bond acceptors (Lipinski definition) is 9. The predicted molar refractivity (Wildman–Crippen MR) is 157 cm³/mol. The van der Waals surface area contributed by atoms with E-state index in [0.29, 0.717) is 70.7 Å². The molecule has 0 aliphatic carbocycles. The van der Waals surface area contributed by atoms with Crippen molar-refractivity contribution < 1.29 is 18.0 Å². The average Bonchev–Trinajstić information content (AvgIpc) is 3.66. The van der Waals surface area contributed by atoms with Crippen LogP contribution in [0.2, 0.25) is 0 Å². The summed E-state index contributed by atoms with van der Waals surface area (Å²) in [6, 6.07) is 10.8. The monoisotopic (exact) mass is 589 g/mol. The molecule has 2 aliphatic heterocycles. The van der Waals surface area contributed by atoms with Crippen LogP contribution in [0.5, 0.6) is 5.75 Å². The molecular formula is C29H30FN8O3S+. The summed E-state index contributed by atoms with van der Waals surface area (Å²) in [6.45, 7) is 5.58. The highest BCUT2D eigenvalue weighted by Gasteiger charge is 2.33. The SMILES string of the molecule is C[C@H]1COc2c(N3CC[N+](C)(C)CC3)c(F)cc3c(=O)c(-c4nc(SCc5nnc(-c6ccccc6)o5)n[nH]4)cn1c23. The van der Waals surface area contributed by atoms with Crippen LogP contribution >= 0.6 is 11.8 Å². The molecule has 0 bridgehead atoms. The molecule has 13 heteroatoms. The molecule has 2 aliphatic rings. The van der Waals surface area contributed by atoms with Crippen molar-refractivity contribution in [2.75, 3.05) is 51.8 Å². The quantitative estimate of drug-likeness (QED) is 0.231. The molecule has 5 aromatic rings. The lowest BCUT2D eigenvalue weighted by Gasteiger charge is -2.41. The smallest absolute Gasteiger partial charge is 0.247 e. The zero-order chi connectivity index (χ0) is 29.0. The molecule has 2 aromatic carbocycles. The summed E-state index contributed by atoms with van der Waals surface area (Å²) in [5, 5.41) is 16.1. The molecule has 11 nitrogen and oxygen atoms in total. The van der Waals surface area contributed by atoms with E-state index in [1.807, 2.05) is 46.7 Å². The van der Waals surface area contributed by atoms with Gasteiger partial charge in [0, 0.05) is 11.8 Å². The molecule has 0 saturated carbocycles. The number of halogens is 1. The molecule has 42 heavy (non-hydrogen) atoms. The predicted octanol–water partition coefficient (Wildman–Crippen LogP) is 4.12. The van der Waals surface area contributed by atoms with E-state index in [4.69, 9.17) is 9.15 Å². The number of rotatable bonds is 6. The molecule has 0 radical (unpaired) electrons. The van der Waals surface area contributed by atoms with Crippen LogP contribution in [0.25, 0.3) is 33.7 Å². The van der Waals surface area contributed by atoms with E-state index >= 15 is 4.39 Å². The maximum atomic E-state index is 15.8. The molecule has 3 aromatic heterocycles. The number of pyridine rings is 1. The Morgan fingerprint density at radius 3 is 2.74 bits per heavy atom. The lowest BCUT2D eigenvalue weighted by Crippen LogP contribution is -2.55. The van der Waals surface area contributed by atoms with Crippen molar-refractivity contribution >= 4 is 28.4 Å². The van der Waals surface area contributed by atoms with Gasteiger partial charge in [-0.3, -0.25) is 9.89 Å². The minimum Gasteiger partial charge on any atom is -0.487 e. The number of piperazine rings is 1. The summed E-state index contributed by atoms with van der Waals surface area (Å²) in [6.07, 6.45) is 1.78. The summed E-state index contributed by atoms with van der Waals surface area (Å²) in [7, 11) is 4.35. The Bertz CT molecular complexity index is 1840. The van der Waals surface area contributed by atoms with Crippen LogP contribution in [0.1, 0.15) is 18.9 Å². The van der Waals surface area contributed by atoms with E-state index in [-0.39, 0.29) is 16.9 Å². The van der Waals surface area contributed by atoms with Crippen LogP contribution < -0.4 is 15.1 Å².